The zero-order chi connectivity index (χ0) is 15.6. The van der Waals surface area contributed by atoms with E-state index in [9.17, 15) is 4.79 Å². The molecule has 2 heterocycles. The lowest BCUT2D eigenvalue weighted by atomic mass is 10.3. The fourth-order valence-electron chi connectivity index (χ4n) is 2.09. The summed E-state index contributed by atoms with van der Waals surface area (Å²) >= 11 is 7.42. The number of anilines is 1. The number of amides is 1. The number of aryl methyl sites for hydroxylation is 1. The van der Waals surface area contributed by atoms with Crippen molar-refractivity contribution in [1.82, 2.24) is 14.7 Å². The Morgan fingerprint density at radius 1 is 1.48 bits per heavy atom. The number of aromatic nitrogens is 2. The van der Waals surface area contributed by atoms with Gasteiger partial charge in [-0.3, -0.25) is 9.48 Å². The number of thiophene rings is 1. The van der Waals surface area contributed by atoms with Crippen molar-refractivity contribution in [2.45, 2.75) is 33.9 Å². The number of nitrogens with two attached hydrogens (primary N) is 1. The highest BCUT2D eigenvalue weighted by Crippen LogP contribution is 2.23. The molecule has 0 fully saturated rings. The third-order valence-electron chi connectivity index (χ3n) is 3.43. The van der Waals surface area contributed by atoms with Gasteiger partial charge in [0.15, 0.2) is 0 Å². The normalized spacial score (nSPS) is 10.9. The highest BCUT2D eigenvalue weighted by molar-refractivity contribution is 7.16. The van der Waals surface area contributed by atoms with Gasteiger partial charge in [-0.1, -0.05) is 11.6 Å². The summed E-state index contributed by atoms with van der Waals surface area (Å²) in [6, 6.07) is 3.80. The Morgan fingerprint density at radius 3 is 2.67 bits per heavy atom. The molecule has 1 amide bonds. The van der Waals surface area contributed by atoms with E-state index in [1.54, 1.807) is 9.58 Å². The van der Waals surface area contributed by atoms with E-state index in [0.717, 1.165) is 20.6 Å². The summed E-state index contributed by atoms with van der Waals surface area (Å²) in [5.74, 6) is 0.0209. The van der Waals surface area contributed by atoms with Crippen LogP contribution in [0.4, 0.5) is 5.69 Å². The zero-order valence-electron chi connectivity index (χ0n) is 12.4. The van der Waals surface area contributed by atoms with E-state index in [1.165, 1.54) is 11.3 Å². The maximum atomic E-state index is 12.4. The topological polar surface area (TPSA) is 64.2 Å². The number of nitrogens with zero attached hydrogens (tertiary/aromatic N) is 3. The van der Waals surface area contributed by atoms with Crippen LogP contribution in [-0.2, 0) is 17.9 Å². The van der Waals surface area contributed by atoms with Gasteiger partial charge >= 0.3 is 0 Å². The lowest BCUT2D eigenvalue weighted by Crippen LogP contribution is -2.33. The molecule has 0 aliphatic heterocycles. The molecule has 2 aromatic rings. The number of hydrogen-bond acceptors (Lipinski definition) is 4. The summed E-state index contributed by atoms with van der Waals surface area (Å²) in [5.41, 5.74) is 8.13. The Balaban J connectivity index is 2.07. The van der Waals surface area contributed by atoms with Gasteiger partial charge in [0.25, 0.3) is 0 Å². The first-order valence-corrected chi connectivity index (χ1v) is 7.93. The van der Waals surface area contributed by atoms with Crippen LogP contribution in [0.5, 0.6) is 0 Å². The molecule has 0 atom stereocenters. The molecule has 2 N–H and O–H groups in total. The molecule has 21 heavy (non-hydrogen) atoms. The molecule has 0 aliphatic carbocycles. The molecule has 0 aliphatic rings. The van der Waals surface area contributed by atoms with E-state index in [1.807, 2.05) is 32.9 Å². The number of carbonyl (C=O) groups excluding carboxylic acids is 1. The van der Waals surface area contributed by atoms with Gasteiger partial charge in [0, 0.05) is 11.4 Å². The monoisotopic (exact) mass is 326 g/mol. The molecule has 0 aromatic carbocycles. The van der Waals surface area contributed by atoms with Crippen LogP contribution in [0.1, 0.15) is 23.2 Å². The van der Waals surface area contributed by atoms with Crippen LogP contribution >= 0.6 is 22.9 Å². The van der Waals surface area contributed by atoms with Crippen LogP contribution in [-0.4, -0.2) is 27.1 Å². The molecule has 0 bridgehead atoms. The molecular weight excluding hydrogens is 308 g/mol. The molecule has 0 saturated carbocycles. The Labute approximate surface area is 133 Å². The average molecular weight is 327 g/mol. The van der Waals surface area contributed by atoms with Crippen molar-refractivity contribution in [3.63, 3.8) is 0 Å². The van der Waals surface area contributed by atoms with E-state index in [4.69, 9.17) is 17.3 Å². The second-order valence-electron chi connectivity index (χ2n) is 4.86. The minimum atomic E-state index is 0.0209. The number of carbonyl (C=O) groups is 1. The second-order valence-corrected chi connectivity index (χ2v) is 6.66. The van der Waals surface area contributed by atoms with Gasteiger partial charge in [-0.2, -0.15) is 5.10 Å². The quantitative estimate of drug-likeness (QED) is 0.919. The third-order valence-corrected chi connectivity index (χ3v) is 4.65. The summed E-state index contributed by atoms with van der Waals surface area (Å²) in [4.78, 5) is 15.3. The summed E-state index contributed by atoms with van der Waals surface area (Å²) < 4.78 is 2.40. The first kappa shape index (κ1) is 15.9. The van der Waals surface area contributed by atoms with Crippen molar-refractivity contribution >= 4 is 34.5 Å². The highest BCUT2D eigenvalue weighted by Gasteiger charge is 2.17. The molecular formula is C14H19ClN4OS. The average Bonchev–Trinajstić information content (AvgIpc) is 2.96. The van der Waals surface area contributed by atoms with Crippen LogP contribution in [0.15, 0.2) is 12.1 Å². The van der Waals surface area contributed by atoms with Crippen molar-refractivity contribution in [3.8, 4) is 0 Å². The molecule has 5 nitrogen and oxygen atoms in total. The minimum absolute atomic E-state index is 0.0209. The number of likely N-dealkylation sites (N-methyl/N-ethyl adjacent to an activating group) is 1. The zero-order valence-corrected chi connectivity index (χ0v) is 14.0. The molecule has 0 radical (unpaired) electrons. The molecule has 7 heteroatoms. The lowest BCUT2D eigenvalue weighted by molar-refractivity contribution is -0.132. The molecule has 2 aromatic heterocycles. The van der Waals surface area contributed by atoms with E-state index in [0.29, 0.717) is 18.8 Å². The predicted octanol–water partition coefficient (Wildman–Crippen LogP) is 2.85. The van der Waals surface area contributed by atoms with Gasteiger partial charge in [-0.15, -0.1) is 11.3 Å². The Morgan fingerprint density at radius 2 is 2.19 bits per heavy atom. The molecule has 0 unspecified atom stereocenters. The fraction of sp³-hybridized carbons (Fsp3) is 0.429. The lowest BCUT2D eigenvalue weighted by Gasteiger charge is -2.20. The van der Waals surface area contributed by atoms with Crippen LogP contribution in [0.3, 0.4) is 0 Å². The molecule has 2 rings (SSSR count). The number of hydrogen-bond donors (Lipinski definition) is 1. The van der Waals surface area contributed by atoms with Crippen molar-refractivity contribution < 1.29 is 4.79 Å². The summed E-state index contributed by atoms with van der Waals surface area (Å²) in [6.07, 6.45) is 0. The van der Waals surface area contributed by atoms with Crippen LogP contribution in [0.25, 0.3) is 0 Å². The molecule has 114 valence electrons. The van der Waals surface area contributed by atoms with Crippen LogP contribution in [0.2, 0.25) is 4.34 Å². The van der Waals surface area contributed by atoms with Gasteiger partial charge in [0.2, 0.25) is 5.91 Å². The van der Waals surface area contributed by atoms with Gasteiger partial charge in [-0.25, -0.2) is 0 Å². The molecule has 0 spiro atoms. The van der Waals surface area contributed by atoms with Crippen LogP contribution in [0, 0.1) is 13.8 Å². The van der Waals surface area contributed by atoms with Crippen molar-refractivity contribution in [1.29, 1.82) is 0 Å². The standard InChI is InChI=1S/C14H19ClN4OS/c1-4-18(7-11-5-6-12(15)21-11)13(20)8-19-10(3)14(16)9(2)17-19/h5-6H,4,7-8,16H2,1-3H3. The van der Waals surface area contributed by atoms with Crippen molar-refractivity contribution in [2.24, 2.45) is 0 Å². The number of nitrogen functional groups attached to an aromatic ring is 1. The summed E-state index contributed by atoms with van der Waals surface area (Å²) in [7, 11) is 0. The first-order chi connectivity index (χ1) is 9.92. The maximum Gasteiger partial charge on any atom is 0.244 e. The third kappa shape index (κ3) is 3.57. The van der Waals surface area contributed by atoms with Gasteiger partial charge in [0.05, 0.1) is 28.0 Å². The highest BCUT2D eigenvalue weighted by atomic mass is 35.5. The maximum absolute atomic E-state index is 12.4. The first-order valence-electron chi connectivity index (χ1n) is 6.73. The van der Waals surface area contributed by atoms with E-state index >= 15 is 0 Å². The van der Waals surface area contributed by atoms with Crippen molar-refractivity contribution in [3.05, 3.63) is 32.7 Å². The van der Waals surface area contributed by atoms with E-state index in [2.05, 4.69) is 5.10 Å². The summed E-state index contributed by atoms with van der Waals surface area (Å²) in [6.45, 7) is 7.09. The van der Waals surface area contributed by atoms with Crippen molar-refractivity contribution in [2.75, 3.05) is 12.3 Å². The molecule has 0 saturated heterocycles. The minimum Gasteiger partial charge on any atom is -0.396 e. The number of halogens is 1. The summed E-state index contributed by atoms with van der Waals surface area (Å²) in [5, 5.41) is 4.30. The van der Waals surface area contributed by atoms with Gasteiger partial charge < -0.3 is 10.6 Å². The Kier molecular flexibility index (Phi) is 4.90. The largest absolute Gasteiger partial charge is 0.396 e. The van der Waals surface area contributed by atoms with E-state index in [-0.39, 0.29) is 12.5 Å². The SMILES string of the molecule is CCN(Cc1ccc(Cl)s1)C(=O)Cn1nc(C)c(N)c1C. The van der Waals surface area contributed by atoms with Gasteiger partial charge in [0.1, 0.15) is 6.54 Å². The second kappa shape index (κ2) is 6.49. The van der Waals surface area contributed by atoms with Crippen LogP contribution < -0.4 is 5.73 Å². The Hall–Kier alpha value is -1.53. The Bertz CT molecular complexity index is 649. The van der Waals surface area contributed by atoms with Gasteiger partial charge in [-0.05, 0) is 32.9 Å². The van der Waals surface area contributed by atoms with E-state index < -0.39 is 0 Å². The fourth-order valence-corrected chi connectivity index (χ4v) is 3.20. The smallest absolute Gasteiger partial charge is 0.244 e. The predicted molar refractivity (Wildman–Crippen MR) is 86.5 cm³/mol. The number of rotatable bonds is 5.